The van der Waals surface area contributed by atoms with E-state index in [1.807, 2.05) is 19.9 Å². The van der Waals surface area contributed by atoms with Crippen LogP contribution < -0.4 is 10.9 Å². The van der Waals surface area contributed by atoms with E-state index in [4.69, 9.17) is 0 Å². The number of aromatic nitrogens is 3. The topological polar surface area (TPSA) is 70.7 Å². The summed E-state index contributed by atoms with van der Waals surface area (Å²) in [5.41, 5.74) is 4.21. The lowest BCUT2D eigenvalue weighted by molar-refractivity contribution is 0.659. The van der Waals surface area contributed by atoms with Gasteiger partial charge >= 0.3 is 0 Å². The van der Waals surface area contributed by atoms with E-state index in [9.17, 15) is 4.79 Å². The van der Waals surface area contributed by atoms with E-state index in [1.54, 1.807) is 6.07 Å². The molecule has 0 bridgehead atoms. The van der Waals surface area contributed by atoms with Crippen molar-refractivity contribution in [1.29, 1.82) is 0 Å². The minimum atomic E-state index is -0.0623. The number of H-pyrrole nitrogens is 1. The van der Waals surface area contributed by atoms with E-state index in [-0.39, 0.29) is 5.56 Å². The van der Waals surface area contributed by atoms with Crippen molar-refractivity contribution in [2.75, 3.05) is 5.32 Å². The SMILES string of the molecule is Cc1nc2c(c(NCc3cc(C)[nH]c(=O)c3)n1)CCCC2. The first-order valence-corrected chi connectivity index (χ1v) is 7.42. The molecule has 2 N–H and O–H groups in total. The van der Waals surface area contributed by atoms with Gasteiger partial charge in [0.25, 0.3) is 0 Å². The lowest BCUT2D eigenvalue weighted by atomic mass is 9.96. The van der Waals surface area contributed by atoms with Gasteiger partial charge in [0, 0.05) is 29.6 Å². The predicted octanol–water partition coefficient (Wildman–Crippen LogP) is 2.27. The molecule has 0 amide bonds. The van der Waals surface area contributed by atoms with Gasteiger partial charge in [-0.25, -0.2) is 9.97 Å². The van der Waals surface area contributed by atoms with Crippen LogP contribution >= 0.6 is 0 Å². The van der Waals surface area contributed by atoms with Gasteiger partial charge in [-0.15, -0.1) is 0 Å². The number of nitrogens with zero attached hydrogens (tertiary/aromatic N) is 2. The average Bonchev–Trinajstić information content (AvgIpc) is 2.43. The second kappa shape index (κ2) is 5.68. The molecule has 0 saturated carbocycles. The van der Waals surface area contributed by atoms with Crippen LogP contribution in [-0.4, -0.2) is 15.0 Å². The summed E-state index contributed by atoms with van der Waals surface area (Å²) in [6.07, 6.45) is 4.47. The Kier molecular flexibility index (Phi) is 3.73. The molecule has 1 aliphatic rings. The molecule has 0 radical (unpaired) electrons. The number of aromatic amines is 1. The normalized spacial score (nSPS) is 13.8. The molecule has 5 heteroatoms. The largest absolute Gasteiger partial charge is 0.366 e. The molecule has 3 rings (SSSR count). The van der Waals surface area contributed by atoms with Crippen LogP contribution in [0.2, 0.25) is 0 Å². The molecule has 0 fully saturated rings. The highest BCUT2D eigenvalue weighted by Crippen LogP contribution is 2.25. The summed E-state index contributed by atoms with van der Waals surface area (Å²) in [5.74, 6) is 1.73. The van der Waals surface area contributed by atoms with Crippen molar-refractivity contribution < 1.29 is 0 Å². The van der Waals surface area contributed by atoms with Crippen molar-refractivity contribution in [1.82, 2.24) is 15.0 Å². The highest BCUT2D eigenvalue weighted by atomic mass is 16.1. The molecule has 2 aromatic rings. The van der Waals surface area contributed by atoms with Crippen molar-refractivity contribution in [3.8, 4) is 0 Å². The number of fused-ring (bicyclic) bond motifs is 1. The monoisotopic (exact) mass is 284 g/mol. The molecule has 0 spiro atoms. The quantitative estimate of drug-likeness (QED) is 0.907. The first-order chi connectivity index (χ1) is 10.1. The molecular weight excluding hydrogens is 264 g/mol. The Morgan fingerprint density at radius 2 is 2.00 bits per heavy atom. The number of anilines is 1. The predicted molar refractivity (Wildman–Crippen MR) is 82.5 cm³/mol. The van der Waals surface area contributed by atoms with E-state index >= 15 is 0 Å². The lowest BCUT2D eigenvalue weighted by Crippen LogP contribution is -2.15. The van der Waals surface area contributed by atoms with Crippen LogP contribution in [-0.2, 0) is 19.4 Å². The summed E-state index contributed by atoms with van der Waals surface area (Å²) < 4.78 is 0. The maximum Gasteiger partial charge on any atom is 0.248 e. The first-order valence-electron chi connectivity index (χ1n) is 7.42. The highest BCUT2D eigenvalue weighted by molar-refractivity contribution is 5.48. The smallest absolute Gasteiger partial charge is 0.248 e. The fraction of sp³-hybridized carbons (Fsp3) is 0.438. The van der Waals surface area contributed by atoms with Gasteiger partial charge < -0.3 is 10.3 Å². The molecular formula is C16H20N4O. The third kappa shape index (κ3) is 3.12. The standard InChI is InChI=1S/C16H20N4O/c1-10-7-12(8-15(21)18-10)9-17-16-13-5-3-4-6-14(13)19-11(2)20-16/h7-8H,3-6,9H2,1-2H3,(H,18,21)(H,17,19,20). The number of pyridine rings is 1. The van der Waals surface area contributed by atoms with E-state index in [1.165, 1.54) is 24.1 Å². The van der Waals surface area contributed by atoms with E-state index in [0.29, 0.717) is 6.54 Å². The van der Waals surface area contributed by atoms with Gasteiger partial charge in [0.2, 0.25) is 5.56 Å². The third-order valence-corrected chi connectivity index (χ3v) is 3.79. The Balaban J connectivity index is 1.84. The van der Waals surface area contributed by atoms with Crippen LogP contribution in [0.3, 0.4) is 0 Å². The molecule has 5 nitrogen and oxygen atoms in total. The number of rotatable bonds is 3. The summed E-state index contributed by atoms with van der Waals surface area (Å²) in [6.45, 7) is 4.42. The van der Waals surface area contributed by atoms with Crippen LogP contribution in [0, 0.1) is 13.8 Å². The molecule has 21 heavy (non-hydrogen) atoms. The number of hydrogen-bond donors (Lipinski definition) is 2. The van der Waals surface area contributed by atoms with E-state index in [2.05, 4.69) is 20.3 Å². The van der Waals surface area contributed by atoms with Gasteiger partial charge in [-0.05, 0) is 51.2 Å². The Hall–Kier alpha value is -2.17. The zero-order valence-electron chi connectivity index (χ0n) is 12.5. The highest BCUT2D eigenvalue weighted by Gasteiger charge is 2.16. The van der Waals surface area contributed by atoms with Crippen molar-refractivity contribution in [2.24, 2.45) is 0 Å². The maximum absolute atomic E-state index is 11.5. The fourth-order valence-electron chi connectivity index (χ4n) is 2.91. The summed E-state index contributed by atoms with van der Waals surface area (Å²) in [4.78, 5) is 23.3. The summed E-state index contributed by atoms with van der Waals surface area (Å²) >= 11 is 0. The second-order valence-corrected chi connectivity index (χ2v) is 5.64. The average molecular weight is 284 g/mol. The van der Waals surface area contributed by atoms with Gasteiger partial charge in [0.15, 0.2) is 0 Å². The van der Waals surface area contributed by atoms with Crippen LogP contribution in [0.5, 0.6) is 0 Å². The van der Waals surface area contributed by atoms with Gasteiger partial charge in [-0.1, -0.05) is 0 Å². The van der Waals surface area contributed by atoms with Gasteiger partial charge in [0.1, 0.15) is 11.6 Å². The van der Waals surface area contributed by atoms with Gasteiger partial charge in [-0.3, -0.25) is 4.79 Å². The van der Waals surface area contributed by atoms with Crippen LogP contribution in [0.15, 0.2) is 16.9 Å². The molecule has 0 atom stereocenters. The van der Waals surface area contributed by atoms with E-state index in [0.717, 1.165) is 35.7 Å². The minimum Gasteiger partial charge on any atom is -0.366 e. The van der Waals surface area contributed by atoms with Crippen molar-refractivity contribution in [3.63, 3.8) is 0 Å². The molecule has 0 aliphatic heterocycles. The zero-order valence-corrected chi connectivity index (χ0v) is 12.5. The number of nitrogens with one attached hydrogen (secondary N) is 2. The number of aryl methyl sites for hydroxylation is 3. The first kappa shape index (κ1) is 13.8. The van der Waals surface area contributed by atoms with Crippen LogP contribution in [0.4, 0.5) is 5.82 Å². The van der Waals surface area contributed by atoms with Crippen LogP contribution in [0.25, 0.3) is 0 Å². The molecule has 110 valence electrons. The number of hydrogen-bond acceptors (Lipinski definition) is 4. The Morgan fingerprint density at radius 1 is 1.19 bits per heavy atom. The summed E-state index contributed by atoms with van der Waals surface area (Å²) in [6, 6.07) is 3.61. The second-order valence-electron chi connectivity index (χ2n) is 5.64. The summed E-state index contributed by atoms with van der Waals surface area (Å²) in [5, 5.41) is 3.38. The zero-order chi connectivity index (χ0) is 14.8. The van der Waals surface area contributed by atoms with Crippen molar-refractivity contribution in [2.45, 2.75) is 46.1 Å². The molecule has 1 aliphatic carbocycles. The molecule has 0 aromatic carbocycles. The third-order valence-electron chi connectivity index (χ3n) is 3.79. The molecule has 2 heterocycles. The lowest BCUT2D eigenvalue weighted by Gasteiger charge is -2.19. The van der Waals surface area contributed by atoms with Gasteiger partial charge in [-0.2, -0.15) is 0 Å². The van der Waals surface area contributed by atoms with Gasteiger partial charge in [0.05, 0.1) is 0 Å². The summed E-state index contributed by atoms with van der Waals surface area (Å²) in [7, 11) is 0. The molecule has 0 unspecified atom stereocenters. The maximum atomic E-state index is 11.5. The molecule has 2 aromatic heterocycles. The van der Waals surface area contributed by atoms with E-state index < -0.39 is 0 Å². The minimum absolute atomic E-state index is 0.0623. The van der Waals surface area contributed by atoms with Crippen molar-refractivity contribution >= 4 is 5.82 Å². The molecule has 0 saturated heterocycles. The van der Waals surface area contributed by atoms with Crippen molar-refractivity contribution in [3.05, 3.63) is 50.8 Å². The fourth-order valence-corrected chi connectivity index (χ4v) is 2.91. The van der Waals surface area contributed by atoms with Crippen LogP contribution in [0.1, 0.15) is 41.2 Å². The Bertz CT molecular complexity index is 721. The Labute approximate surface area is 123 Å². The Morgan fingerprint density at radius 3 is 2.81 bits per heavy atom.